The van der Waals surface area contributed by atoms with Gasteiger partial charge in [0.1, 0.15) is 5.52 Å². The predicted octanol–water partition coefficient (Wildman–Crippen LogP) is 3.52. The van der Waals surface area contributed by atoms with Gasteiger partial charge in [-0.05, 0) is 36.4 Å². The molecule has 0 atom stereocenters. The van der Waals surface area contributed by atoms with Crippen LogP contribution in [0.2, 0.25) is 5.02 Å². The van der Waals surface area contributed by atoms with E-state index in [9.17, 15) is 4.79 Å². The smallest absolute Gasteiger partial charge is 0.259 e. The Hall–Kier alpha value is -1.85. The van der Waals surface area contributed by atoms with Crippen LogP contribution in [0.1, 0.15) is 4.79 Å². The van der Waals surface area contributed by atoms with Crippen molar-refractivity contribution < 1.29 is 4.79 Å². The van der Waals surface area contributed by atoms with E-state index in [2.05, 4.69) is 10.3 Å². The molecule has 3 rings (SSSR count). The third-order valence-electron chi connectivity index (χ3n) is 2.76. The fourth-order valence-electron chi connectivity index (χ4n) is 1.79. The summed E-state index contributed by atoms with van der Waals surface area (Å²) in [5.41, 5.74) is 1.45. The minimum absolute atomic E-state index is 0.0985. The van der Waals surface area contributed by atoms with Gasteiger partial charge in [-0.2, -0.15) is 4.68 Å². The van der Waals surface area contributed by atoms with Gasteiger partial charge in [0.2, 0.25) is 0 Å². The highest BCUT2D eigenvalue weighted by molar-refractivity contribution is 8.00. The van der Waals surface area contributed by atoms with E-state index in [1.807, 2.05) is 36.4 Å². The van der Waals surface area contributed by atoms with E-state index < -0.39 is 0 Å². The number of thioether (sulfide) groups is 1. The number of carbonyl (C=O) groups is 1. The SMILES string of the molecule is O=C(CSc1ccc(Cl)cc1)n1nnc2ccccc21. The number of halogens is 1. The average molecular weight is 304 g/mol. The summed E-state index contributed by atoms with van der Waals surface area (Å²) in [7, 11) is 0. The summed E-state index contributed by atoms with van der Waals surface area (Å²) in [5.74, 6) is 0.202. The van der Waals surface area contributed by atoms with Gasteiger partial charge in [0.25, 0.3) is 5.91 Å². The largest absolute Gasteiger partial charge is 0.272 e. The van der Waals surface area contributed by atoms with Gasteiger partial charge in [-0.3, -0.25) is 4.79 Å². The minimum Gasteiger partial charge on any atom is -0.272 e. The zero-order valence-corrected chi connectivity index (χ0v) is 11.9. The van der Waals surface area contributed by atoms with Crippen LogP contribution in [0.15, 0.2) is 53.4 Å². The molecule has 0 amide bonds. The first kappa shape index (κ1) is 13.1. The van der Waals surface area contributed by atoms with Crippen molar-refractivity contribution in [3.05, 3.63) is 53.6 Å². The fraction of sp³-hybridized carbons (Fsp3) is 0.0714. The van der Waals surface area contributed by atoms with Crippen molar-refractivity contribution in [1.82, 2.24) is 15.0 Å². The van der Waals surface area contributed by atoms with Gasteiger partial charge in [0, 0.05) is 9.92 Å². The van der Waals surface area contributed by atoms with E-state index in [4.69, 9.17) is 11.6 Å². The molecule has 6 heteroatoms. The fourth-order valence-corrected chi connectivity index (χ4v) is 2.66. The van der Waals surface area contributed by atoms with E-state index >= 15 is 0 Å². The van der Waals surface area contributed by atoms with Crippen LogP contribution in [-0.2, 0) is 0 Å². The predicted molar refractivity (Wildman–Crippen MR) is 80.3 cm³/mol. The van der Waals surface area contributed by atoms with Crippen LogP contribution < -0.4 is 0 Å². The molecule has 0 aliphatic carbocycles. The Balaban J connectivity index is 1.75. The highest BCUT2D eigenvalue weighted by atomic mass is 35.5. The Morgan fingerprint density at radius 1 is 1.15 bits per heavy atom. The first-order valence-corrected chi connectivity index (χ1v) is 7.32. The highest BCUT2D eigenvalue weighted by Crippen LogP contribution is 2.21. The normalized spacial score (nSPS) is 10.8. The Kier molecular flexibility index (Phi) is 3.71. The molecule has 0 bridgehead atoms. The first-order chi connectivity index (χ1) is 9.74. The third kappa shape index (κ3) is 2.69. The van der Waals surface area contributed by atoms with E-state index in [0.29, 0.717) is 10.8 Å². The molecule has 0 spiro atoms. The van der Waals surface area contributed by atoms with Crippen LogP contribution in [0.3, 0.4) is 0 Å². The molecular weight excluding hydrogens is 294 g/mol. The molecule has 0 radical (unpaired) electrons. The number of rotatable bonds is 3. The summed E-state index contributed by atoms with van der Waals surface area (Å²) >= 11 is 7.27. The number of carbonyl (C=O) groups excluding carboxylic acids is 1. The Labute approximate surface area is 124 Å². The maximum Gasteiger partial charge on any atom is 0.259 e. The molecule has 0 fully saturated rings. The molecule has 0 aliphatic heterocycles. The molecule has 0 aliphatic rings. The highest BCUT2D eigenvalue weighted by Gasteiger charge is 2.11. The summed E-state index contributed by atoms with van der Waals surface area (Å²) in [4.78, 5) is 13.2. The second kappa shape index (κ2) is 5.64. The molecule has 2 aromatic carbocycles. The Bertz CT molecular complexity index is 754. The molecule has 100 valence electrons. The van der Waals surface area contributed by atoms with Crippen molar-refractivity contribution >= 4 is 40.3 Å². The molecule has 1 heterocycles. The molecule has 0 saturated heterocycles. The lowest BCUT2D eigenvalue weighted by atomic mass is 10.3. The van der Waals surface area contributed by atoms with Gasteiger partial charge in [-0.25, -0.2) is 0 Å². The number of benzene rings is 2. The van der Waals surface area contributed by atoms with Crippen LogP contribution in [0.5, 0.6) is 0 Å². The van der Waals surface area contributed by atoms with Crippen molar-refractivity contribution in [2.75, 3.05) is 5.75 Å². The van der Waals surface area contributed by atoms with Gasteiger partial charge >= 0.3 is 0 Å². The molecular formula is C14H10ClN3OS. The number of para-hydroxylation sites is 1. The van der Waals surface area contributed by atoms with Gasteiger partial charge in [-0.1, -0.05) is 28.9 Å². The molecule has 1 aromatic heterocycles. The molecule has 0 N–H and O–H groups in total. The number of nitrogens with zero attached hydrogens (tertiary/aromatic N) is 3. The van der Waals surface area contributed by atoms with Crippen molar-refractivity contribution in [3.8, 4) is 0 Å². The van der Waals surface area contributed by atoms with Crippen molar-refractivity contribution in [2.45, 2.75) is 4.90 Å². The summed E-state index contributed by atoms with van der Waals surface area (Å²) in [6.07, 6.45) is 0. The molecule has 3 aromatic rings. The first-order valence-electron chi connectivity index (χ1n) is 5.96. The minimum atomic E-state index is -0.0985. The average Bonchev–Trinajstić information content (AvgIpc) is 2.90. The monoisotopic (exact) mass is 303 g/mol. The van der Waals surface area contributed by atoms with E-state index in [1.165, 1.54) is 16.4 Å². The molecule has 0 saturated carbocycles. The lowest BCUT2D eigenvalue weighted by Crippen LogP contribution is -2.14. The van der Waals surface area contributed by atoms with E-state index in [0.717, 1.165) is 15.9 Å². The Morgan fingerprint density at radius 2 is 1.90 bits per heavy atom. The second-order valence-corrected chi connectivity index (χ2v) is 5.61. The van der Waals surface area contributed by atoms with Crippen LogP contribution in [0.4, 0.5) is 0 Å². The van der Waals surface area contributed by atoms with Crippen LogP contribution in [0.25, 0.3) is 11.0 Å². The van der Waals surface area contributed by atoms with Crippen molar-refractivity contribution in [2.24, 2.45) is 0 Å². The van der Waals surface area contributed by atoms with Crippen molar-refractivity contribution in [1.29, 1.82) is 0 Å². The lowest BCUT2D eigenvalue weighted by molar-refractivity contribution is 0.0930. The van der Waals surface area contributed by atoms with Crippen molar-refractivity contribution in [3.63, 3.8) is 0 Å². The lowest BCUT2D eigenvalue weighted by Gasteiger charge is -2.02. The molecule has 0 unspecified atom stereocenters. The van der Waals surface area contributed by atoms with Gasteiger partial charge in [0.05, 0.1) is 11.3 Å². The molecule has 20 heavy (non-hydrogen) atoms. The summed E-state index contributed by atoms with van der Waals surface area (Å²) < 4.78 is 1.35. The Morgan fingerprint density at radius 3 is 2.70 bits per heavy atom. The quantitative estimate of drug-likeness (QED) is 0.695. The van der Waals surface area contributed by atoms with Gasteiger partial charge in [0.15, 0.2) is 0 Å². The standard InChI is InChI=1S/C14H10ClN3OS/c15-10-5-7-11(8-6-10)20-9-14(19)18-13-4-2-1-3-12(13)16-17-18/h1-8H,9H2. The van der Waals surface area contributed by atoms with E-state index in [-0.39, 0.29) is 5.91 Å². The number of hydrogen-bond acceptors (Lipinski definition) is 4. The number of aromatic nitrogens is 3. The van der Waals surface area contributed by atoms with Gasteiger partial charge < -0.3 is 0 Å². The summed E-state index contributed by atoms with van der Waals surface area (Å²) in [6, 6.07) is 14.8. The number of fused-ring (bicyclic) bond motifs is 1. The van der Waals surface area contributed by atoms with Gasteiger partial charge in [-0.15, -0.1) is 16.9 Å². The zero-order valence-electron chi connectivity index (χ0n) is 10.4. The second-order valence-electron chi connectivity index (χ2n) is 4.13. The zero-order chi connectivity index (χ0) is 13.9. The van der Waals surface area contributed by atoms with Crippen LogP contribution in [0, 0.1) is 0 Å². The maximum atomic E-state index is 12.2. The van der Waals surface area contributed by atoms with Crippen LogP contribution >= 0.6 is 23.4 Å². The summed E-state index contributed by atoms with van der Waals surface area (Å²) in [5, 5.41) is 8.56. The van der Waals surface area contributed by atoms with E-state index in [1.54, 1.807) is 12.1 Å². The number of hydrogen-bond donors (Lipinski definition) is 0. The maximum absolute atomic E-state index is 12.2. The molecule has 4 nitrogen and oxygen atoms in total. The third-order valence-corrected chi connectivity index (χ3v) is 4.01. The summed E-state index contributed by atoms with van der Waals surface area (Å²) in [6.45, 7) is 0. The van der Waals surface area contributed by atoms with Crippen LogP contribution in [-0.4, -0.2) is 26.7 Å². The topological polar surface area (TPSA) is 47.8 Å².